The van der Waals surface area contributed by atoms with Gasteiger partial charge < -0.3 is 34.3 Å². The minimum absolute atomic E-state index is 0.101. The number of rotatable bonds is 5. The molecule has 2 rings (SSSR count). The summed E-state index contributed by atoms with van der Waals surface area (Å²) in [6.45, 7) is -0.628. The van der Waals surface area contributed by atoms with Gasteiger partial charge >= 0.3 is 0 Å². The topological polar surface area (TPSA) is 130 Å². The first-order chi connectivity index (χ1) is 9.56. The average Bonchev–Trinajstić information content (AvgIpc) is 2.92. The Bertz CT molecular complexity index is 442. The molecule has 0 aromatic carbocycles. The van der Waals surface area contributed by atoms with E-state index >= 15 is 0 Å². The highest BCUT2D eigenvalue weighted by molar-refractivity contribution is 5.70. The lowest BCUT2D eigenvalue weighted by Crippen LogP contribution is -2.59. The average molecular weight is 288 g/mol. The second-order valence-corrected chi connectivity index (χ2v) is 4.43. The van der Waals surface area contributed by atoms with Crippen molar-refractivity contribution < 1.29 is 39.1 Å². The zero-order valence-corrected chi connectivity index (χ0v) is 10.5. The summed E-state index contributed by atoms with van der Waals surface area (Å²) in [4.78, 5) is 10.5. The monoisotopic (exact) mass is 288 g/mol. The maximum absolute atomic E-state index is 10.5. The second kappa shape index (κ2) is 6.44. The van der Waals surface area contributed by atoms with Crippen LogP contribution >= 0.6 is 0 Å². The lowest BCUT2D eigenvalue weighted by molar-refractivity contribution is -0.304. The van der Waals surface area contributed by atoms with Crippen molar-refractivity contribution in [2.45, 2.75) is 37.3 Å². The summed E-state index contributed by atoms with van der Waals surface area (Å²) in [5.74, 6) is 0.474. The molecule has 20 heavy (non-hydrogen) atoms. The Morgan fingerprint density at radius 1 is 1.20 bits per heavy atom. The number of aliphatic hydroxyl groups is 4. The third-order valence-electron chi connectivity index (χ3n) is 3.04. The minimum atomic E-state index is -1.49. The highest BCUT2D eigenvalue weighted by atomic mass is 16.7. The SMILES string of the molecule is O=Cc1ccc(CO[C@@H]2O[C@H](CO)[C@@H](O)[C@H](O)[C@H]2O)o1. The molecule has 0 saturated carbocycles. The van der Waals surface area contributed by atoms with Crippen LogP contribution in [0.4, 0.5) is 0 Å². The molecule has 5 atom stereocenters. The second-order valence-electron chi connectivity index (χ2n) is 4.43. The van der Waals surface area contributed by atoms with Crippen LogP contribution in [-0.2, 0) is 16.1 Å². The Morgan fingerprint density at radius 2 is 1.95 bits per heavy atom. The minimum Gasteiger partial charge on any atom is -0.456 e. The van der Waals surface area contributed by atoms with Crippen molar-refractivity contribution in [2.75, 3.05) is 6.61 Å². The molecule has 1 saturated heterocycles. The van der Waals surface area contributed by atoms with Crippen LogP contribution in [0, 0.1) is 0 Å². The van der Waals surface area contributed by atoms with Gasteiger partial charge in [0.05, 0.1) is 6.61 Å². The molecule has 0 amide bonds. The van der Waals surface area contributed by atoms with Crippen molar-refractivity contribution in [3.63, 3.8) is 0 Å². The summed E-state index contributed by atoms with van der Waals surface area (Å²) >= 11 is 0. The summed E-state index contributed by atoms with van der Waals surface area (Å²) in [7, 11) is 0. The van der Waals surface area contributed by atoms with Gasteiger partial charge in [-0.05, 0) is 12.1 Å². The number of aldehydes is 1. The summed E-state index contributed by atoms with van der Waals surface area (Å²) < 4.78 is 15.4. The van der Waals surface area contributed by atoms with Gasteiger partial charge in [-0.1, -0.05) is 0 Å². The summed E-state index contributed by atoms with van der Waals surface area (Å²) in [6.07, 6.45) is -6.10. The molecule has 1 aromatic heterocycles. The van der Waals surface area contributed by atoms with Crippen molar-refractivity contribution in [1.82, 2.24) is 0 Å². The van der Waals surface area contributed by atoms with E-state index in [1.54, 1.807) is 0 Å². The van der Waals surface area contributed by atoms with Gasteiger partial charge in [-0.25, -0.2) is 0 Å². The Kier molecular flexibility index (Phi) is 4.86. The lowest BCUT2D eigenvalue weighted by Gasteiger charge is -2.39. The van der Waals surface area contributed by atoms with E-state index in [0.717, 1.165) is 0 Å². The Morgan fingerprint density at radius 3 is 2.55 bits per heavy atom. The quantitative estimate of drug-likeness (QED) is 0.477. The fourth-order valence-corrected chi connectivity index (χ4v) is 1.90. The van der Waals surface area contributed by atoms with E-state index in [2.05, 4.69) is 0 Å². The van der Waals surface area contributed by atoms with Gasteiger partial charge in [0, 0.05) is 0 Å². The van der Waals surface area contributed by atoms with Crippen LogP contribution < -0.4 is 0 Å². The normalized spacial score (nSPS) is 34.1. The molecule has 4 N–H and O–H groups in total. The Hall–Kier alpha value is -1.29. The number of hydrogen-bond donors (Lipinski definition) is 4. The number of furan rings is 1. The highest BCUT2D eigenvalue weighted by Gasteiger charge is 2.44. The number of ether oxygens (including phenoxy) is 2. The van der Waals surface area contributed by atoms with Crippen molar-refractivity contribution in [3.8, 4) is 0 Å². The van der Waals surface area contributed by atoms with Crippen molar-refractivity contribution >= 4 is 6.29 Å². The molecule has 1 aliphatic rings. The van der Waals surface area contributed by atoms with Crippen LogP contribution in [0.3, 0.4) is 0 Å². The van der Waals surface area contributed by atoms with Gasteiger partial charge in [-0.3, -0.25) is 4.79 Å². The zero-order chi connectivity index (χ0) is 14.7. The van der Waals surface area contributed by atoms with Gasteiger partial charge in [0.2, 0.25) is 0 Å². The van der Waals surface area contributed by atoms with Crippen LogP contribution in [0.2, 0.25) is 0 Å². The number of hydrogen-bond acceptors (Lipinski definition) is 8. The van der Waals surface area contributed by atoms with E-state index < -0.39 is 37.3 Å². The predicted molar refractivity (Wildman–Crippen MR) is 62.7 cm³/mol. The fraction of sp³-hybridized carbons (Fsp3) is 0.583. The first-order valence-corrected chi connectivity index (χ1v) is 6.03. The third kappa shape index (κ3) is 3.06. The van der Waals surface area contributed by atoms with Gasteiger partial charge in [-0.2, -0.15) is 0 Å². The van der Waals surface area contributed by atoms with E-state index in [-0.39, 0.29) is 12.4 Å². The molecule has 8 heteroatoms. The molecule has 0 aliphatic carbocycles. The van der Waals surface area contributed by atoms with Gasteiger partial charge in [-0.15, -0.1) is 0 Å². The molecular formula is C12H16O8. The van der Waals surface area contributed by atoms with E-state index in [4.69, 9.17) is 19.0 Å². The van der Waals surface area contributed by atoms with Crippen LogP contribution in [-0.4, -0.2) is 64.0 Å². The molecule has 112 valence electrons. The molecule has 0 bridgehead atoms. The number of carbonyl (C=O) groups excluding carboxylic acids is 1. The predicted octanol–water partition coefficient (Wildman–Crippen LogP) is -1.59. The van der Waals surface area contributed by atoms with E-state index in [1.807, 2.05) is 0 Å². The van der Waals surface area contributed by atoms with E-state index in [9.17, 15) is 20.1 Å². The van der Waals surface area contributed by atoms with E-state index in [1.165, 1.54) is 12.1 Å². The maximum atomic E-state index is 10.5. The summed E-state index contributed by atoms with van der Waals surface area (Å²) in [6, 6.07) is 2.98. The number of aliphatic hydroxyl groups excluding tert-OH is 4. The largest absolute Gasteiger partial charge is 0.456 e. The van der Waals surface area contributed by atoms with Crippen LogP contribution in [0.25, 0.3) is 0 Å². The van der Waals surface area contributed by atoms with Crippen molar-refractivity contribution in [1.29, 1.82) is 0 Å². The summed E-state index contributed by atoms with van der Waals surface area (Å²) in [5.41, 5.74) is 0. The standard InChI is InChI=1S/C12H16O8/c13-3-6-1-2-7(19-6)5-18-12-11(17)10(16)9(15)8(4-14)20-12/h1-3,8-12,14-17H,4-5H2/t8-,9-,10+,11-,12-/m1/s1. The smallest absolute Gasteiger partial charge is 0.187 e. The van der Waals surface area contributed by atoms with Crippen molar-refractivity contribution in [2.24, 2.45) is 0 Å². The zero-order valence-electron chi connectivity index (χ0n) is 10.5. The Balaban J connectivity index is 1.95. The third-order valence-corrected chi connectivity index (χ3v) is 3.04. The molecule has 0 radical (unpaired) electrons. The molecule has 0 spiro atoms. The Labute approximate surface area is 114 Å². The van der Waals surface area contributed by atoms with E-state index in [0.29, 0.717) is 12.0 Å². The van der Waals surface area contributed by atoms with Crippen LogP contribution in [0.1, 0.15) is 16.3 Å². The van der Waals surface area contributed by atoms with Gasteiger partial charge in [0.25, 0.3) is 0 Å². The van der Waals surface area contributed by atoms with Crippen molar-refractivity contribution in [3.05, 3.63) is 23.7 Å². The molecular weight excluding hydrogens is 272 g/mol. The van der Waals surface area contributed by atoms with Gasteiger partial charge in [0.15, 0.2) is 18.3 Å². The fourth-order valence-electron chi connectivity index (χ4n) is 1.90. The molecule has 8 nitrogen and oxygen atoms in total. The maximum Gasteiger partial charge on any atom is 0.187 e. The molecule has 1 fully saturated rings. The lowest BCUT2D eigenvalue weighted by atomic mass is 9.99. The number of carbonyl (C=O) groups is 1. The van der Waals surface area contributed by atoms with Crippen LogP contribution in [0.5, 0.6) is 0 Å². The summed E-state index contributed by atoms with van der Waals surface area (Å²) in [5, 5.41) is 37.9. The molecule has 1 aromatic rings. The first kappa shape index (κ1) is 15.1. The molecule has 2 heterocycles. The first-order valence-electron chi connectivity index (χ1n) is 6.03. The molecule has 0 unspecified atom stereocenters. The van der Waals surface area contributed by atoms with Gasteiger partial charge in [0.1, 0.15) is 36.8 Å². The highest BCUT2D eigenvalue weighted by Crippen LogP contribution is 2.23. The molecule has 1 aliphatic heterocycles. The van der Waals surface area contributed by atoms with Crippen LogP contribution in [0.15, 0.2) is 16.5 Å².